The largest absolute Gasteiger partial charge is 0.478 e. The van der Waals surface area contributed by atoms with Crippen LogP contribution in [0.25, 0.3) is 11.5 Å². The van der Waals surface area contributed by atoms with Gasteiger partial charge < -0.3 is 19.1 Å². The lowest BCUT2D eigenvalue weighted by atomic mass is 10.4. The molecule has 1 aliphatic heterocycles. The van der Waals surface area contributed by atoms with Crippen LogP contribution in [-0.4, -0.2) is 37.0 Å². The number of nitrogens with zero attached hydrogens (tertiary/aromatic N) is 5. The normalized spacial score (nSPS) is 13.3. The maximum Gasteiger partial charge on any atom is 0.272 e. The molecule has 0 atom stereocenters. The number of hydrogen-bond donors (Lipinski definition) is 1. The summed E-state index contributed by atoms with van der Waals surface area (Å²) in [6, 6.07) is 5.49. The van der Waals surface area contributed by atoms with E-state index in [2.05, 4.69) is 20.6 Å². The standard InChI is InChI=1S/C16H18N6O3/c1-2-21-6-3-5-12(21)15-18-13(25-20-15)10-17-16(23)11-9-14-22(19-11)7-4-8-24-14/h3,5-6,9H,2,4,7-8,10H2,1H3,(H,17,23). The van der Waals surface area contributed by atoms with E-state index in [9.17, 15) is 4.79 Å². The van der Waals surface area contributed by atoms with E-state index in [1.165, 1.54) is 0 Å². The maximum absolute atomic E-state index is 12.2. The minimum absolute atomic E-state index is 0.141. The summed E-state index contributed by atoms with van der Waals surface area (Å²) in [5.74, 6) is 1.16. The van der Waals surface area contributed by atoms with Crippen molar-refractivity contribution in [3.8, 4) is 17.4 Å². The Hall–Kier alpha value is -3.10. The Kier molecular flexibility index (Phi) is 3.96. The van der Waals surface area contributed by atoms with Crippen molar-refractivity contribution in [2.45, 2.75) is 33.0 Å². The number of ether oxygens (including phenoxy) is 1. The number of hydrogen-bond acceptors (Lipinski definition) is 6. The predicted molar refractivity (Wildman–Crippen MR) is 86.9 cm³/mol. The van der Waals surface area contributed by atoms with Gasteiger partial charge >= 0.3 is 0 Å². The van der Waals surface area contributed by atoms with Gasteiger partial charge in [-0.05, 0) is 19.1 Å². The highest BCUT2D eigenvalue weighted by Crippen LogP contribution is 2.19. The lowest BCUT2D eigenvalue weighted by Gasteiger charge is -2.13. The molecule has 1 amide bonds. The zero-order chi connectivity index (χ0) is 17.2. The molecular weight excluding hydrogens is 324 g/mol. The van der Waals surface area contributed by atoms with E-state index in [4.69, 9.17) is 9.26 Å². The molecule has 0 aromatic carbocycles. The van der Waals surface area contributed by atoms with Crippen LogP contribution in [0.1, 0.15) is 29.7 Å². The lowest BCUT2D eigenvalue weighted by Crippen LogP contribution is -2.23. The summed E-state index contributed by atoms with van der Waals surface area (Å²) in [6.45, 7) is 4.40. The molecule has 0 radical (unpaired) electrons. The molecule has 0 saturated heterocycles. The van der Waals surface area contributed by atoms with Gasteiger partial charge in [0.15, 0.2) is 5.69 Å². The van der Waals surface area contributed by atoms with E-state index >= 15 is 0 Å². The highest BCUT2D eigenvalue weighted by Gasteiger charge is 2.19. The van der Waals surface area contributed by atoms with Crippen molar-refractivity contribution in [3.63, 3.8) is 0 Å². The van der Waals surface area contributed by atoms with Crippen LogP contribution in [0, 0.1) is 0 Å². The summed E-state index contributed by atoms with van der Waals surface area (Å²) in [4.78, 5) is 16.6. The summed E-state index contributed by atoms with van der Waals surface area (Å²) in [5, 5.41) is 11.0. The van der Waals surface area contributed by atoms with Gasteiger partial charge in [-0.25, -0.2) is 4.68 Å². The molecule has 0 fully saturated rings. The van der Waals surface area contributed by atoms with Crippen molar-refractivity contribution >= 4 is 5.91 Å². The molecule has 9 heteroatoms. The Morgan fingerprint density at radius 1 is 1.44 bits per heavy atom. The molecule has 0 bridgehead atoms. The van der Waals surface area contributed by atoms with Gasteiger partial charge in [-0.2, -0.15) is 10.1 Å². The Labute approximate surface area is 143 Å². The third-order valence-electron chi connectivity index (χ3n) is 4.01. The first kappa shape index (κ1) is 15.4. The van der Waals surface area contributed by atoms with Gasteiger partial charge in [0.1, 0.15) is 0 Å². The highest BCUT2D eigenvalue weighted by atomic mass is 16.5. The molecule has 1 aliphatic rings. The van der Waals surface area contributed by atoms with Gasteiger partial charge in [0.25, 0.3) is 5.91 Å². The minimum Gasteiger partial charge on any atom is -0.478 e. The van der Waals surface area contributed by atoms with Crippen LogP contribution in [0.4, 0.5) is 0 Å². The number of aromatic nitrogens is 5. The molecule has 4 heterocycles. The van der Waals surface area contributed by atoms with Gasteiger partial charge in [0.05, 0.1) is 18.8 Å². The monoisotopic (exact) mass is 342 g/mol. The van der Waals surface area contributed by atoms with E-state index in [0.717, 1.165) is 25.2 Å². The van der Waals surface area contributed by atoms with Crippen LogP contribution in [0.5, 0.6) is 5.88 Å². The minimum atomic E-state index is -0.304. The fourth-order valence-electron chi connectivity index (χ4n) is 2.75. The van der Waals surface area contributed by atoms with E-state index in [1.807, 2.05) is 29.8 Å². The van der Waals surface area contributed by atoms with E-state index in [1.54, 1.807) is 10.7 Å². The fraction of sp³-hybridized carbons (Fsp3) is 0.375. The van der Waals surface area contributed by atoms with E-state index in [-0.39, 0.29) is 12.5 Å². The number of carbonyl (C=O) groups excluding carboxylic acids is 1. The quantitative estimate of drug-likeness (QED) is 0.753. The number of aryl methyl sites for hydroxylation is 2. The molecular formula is C16H18N6O3. The van der Waals surface area contributed by atoms with Crippen LogP contribution < -0.4 is 10.1 Å². The van der Waals surface area contributed by atoms with Crippen LogP contribution in [0.3, 0.4) is 0 Å². The fourth-order valence-corrected chi connectivity index (χ4v) is 2.75. The molecule has 0 aliphatic carbocycles. The van der Waals surface area contributed by atoms with Crippen LogP contribution >= 0.6 is 0 Å². The van der Waals surface area contributed by atoms with Gasteiger partial charge in [-0.1, -0.05) is 5.16 Å². The van der Waals surface area contributed by atoms with Gasteiger partial charge in [-0.3, -0.25) is 4.79 Å². The zero-order valence-corrected chi connectivity index (χ0v) is 13.8. The molecule has 0 saturated carbocycles. The summed E-state index contributed by atoms with van der Waals surface area (Å²) in [7, 11) is 0. The summed E-state index contributed by atoms with van der Waals surface area (Å²) >= 11 is 0. The van der Waals surface area contributed by atoms with Crippen molar-refractivity contribution in [3.05, 3.63) is 36.0 Å². The van der Waals surface area contributed by atoms with Crippen LogP contribution in [-0.2, 0) is 19.6 Å². The second kappa shape index (κ2) is 6.42. The number of rotatable bonds is 5. The van der Waals surface area contributed by atoms with Crippen molar-refractivity contribution in [1.29, 1.82) is 0 Å². The Morgan fingerprint density at radius 2 is 2.36 bits per heavy atom. The van der Waals surface area contributed by atoms with E-state index in [0.29, 0.717) is 29.9 Å². The first-order chi connectivity index (χ1) is 12.2. The Morgan fingerprint density at radius 3 is 3.20 bits per heavy atom. The highest BCUT2D eigenvalue weighted by molar-refractivity contribution is 5.92. The second-order valence-corrected chi connectivity index (χ2v) is 5.67. The molecule has 3 aromatic rings. The molecule has 4 rings (SSSR count). The predicted octanol–water partition coefficient (Wildman–Crippen LogP) is 1.47. The van der Waals surface area contributed by atoms with Crippen LogP contribution in [0.2, 0.25) is 0 Å². The summed E-state index contributed by atoms with van der Waals surface area (Å²) in [6.07, 6.45) is 2.84. The zero-order valence-electron chi connectivity index (χ0n) is 13.8. The van der Waals surface area contributed by atoms with Crippen molar-refractivity contribution < 1.29 is 14.1 Å². The molecule has 9 nitrogen and oxygen atoms in total. The average molecular weight is 342 g/mol. The average Bonchev–Trinajstić information content (AvgIpc) is 3.37. The smallest absolute Gasteiger partial charge is 0.272 e. The first-order valence-corrected chi connectivity index (χ1v) is 8.21. The third kappa shape index (κ3) is 3.00. The summed E-state index contributed by atoms with van der Waals surface area (Å²) in [5.41, 5.74) is 1.19. The molecule has 0 spiro atoms. The Balaban J connectivity index is 1.41. The second-order valence-electron chi connectivity index (χ2n) is 5.67. The number of amides is 1. The van der Waals surface area contributed by atoms with Crippen molar-refractivity contribution in [2.24, 2.45) is 0 Å². The molecule has 25 heavy (non-hydrogen) atoms. The molecule has 0 unspecified atom stereocenters. The maximum atomic E-state index is 12.2. The molecule has 1 N–H and O–H groups in total. The number of nitrogens with one attached hydrogen (secondary N) is 1. The lowest BCUT2D eigenvalue weighted by molar-refractivity contribution is 0.0940. The number of carbonyl (C=O) groups is 1. The molecule has 3 aromatic heterocycles. The van der Waals surface area contributed by atoms with Crippen molar-refractivity contribution in [2.75, 3.05) is 6.61 Å². The SMILES string of the molecule is CCn1cccc1-c1noc(CNC(=O)c2cc3n(n2)CCCO3)n1. The summed E-state index contributed by atoms with van der Waals surface area (Å²) < 4.78 is 14.4. The van der Waals surface area contributed by atoms with Crippen LogP contribution in [0.15, 0.2) is 28.9 Å². The van der Waals surface area contributed by atoms with Crippen molar-refractivity contribution in [1.82, 2.24) is 29.8 Å². The van der Waals surface area contributed by atoms with Gasteiger partial charge in [0.2, 0.25) is 17.6 Å². The Bertz CT molecular complexity index is 870. The molecule has 130 valence electrons. The topological polar surface area (TPSA) is 100 Å². The first-order valence-electron chi connectivity index (χ1n) is 8.21. The van der Waals surface area contributed by atoms with Gasteiger partial charge in [0, 0.05) is 31.8 Å². The van der Waals surface area contributed by atoms with E-state index < -0.39 is 0 Å². The number of fused-ring (bicyclic) bond motifs is 1. The van der Waals surface area contributed by atoms with Gasteiger partial charge in [-0.15, -0.1) is 0 Å². The third-order valence-corrected chi connectivity index (χ3v) is 4.01.